The number of nitrogens with zero attached hydrogens (tertiary/aromatic N) is 3. The molecule has 1 aromatic rings. The smallest absolute Gasteiger partial charge is 0.213 e. The van der Waals surface area contributed by atoms with E-state index in [1.54, 1.807) is 17.4 Å². The van der Waals surface area contributed by atoms with E-state index in [2.05, 4.69) is 9.97 Å². The molecule has 0 spiro atoms. The highest BCUT2D eigenvalue weighted by Crippen LogP contribution is 2.26. The zero-order valence-electron chi connectivity index (χ0n) is 10.8. The molecule has 1 aliphatic heterocycles. The van der Waals surface area contributed by atoms with Gasteiger partial charge in [-0.25, -0.2) is 22.7 Å². The maximum atomic E-state index is 11.9. The summed E-state index contributed by atoms with van der Waals surface area (Å²) in [5, 5.41) is 0. The van der Waals surface area contributed by atoms with Gasteiger partial charge in [0.05, 0.1) is 5.75 Å². The van der Waals surface area contributed by atoms with Crippen LogP contribution in [0.2, 0.25) is 0 Å². The standard InChI is InChI=1S/C12H19N3O2S/c1-3-18(16,17)15-8-4-5-11(9-15)12-13-7-6-10(2)14-12/h6-7,11H,3-5,8-9H2,1-2H3/t11-/m0/s1. The largest absolute Gasteiger partial charge is 0.241 e. The van der Waals surface area contributed by atoms with Crippen molar-refractivity contribution in [2.45, 2.75) is 32.6 Å². The minimum absolute atomic E-state index is 0.125. The van der Waals surface area contributed by atoms with E-state index in [0.717, 1.165) is 24.4 Å². The minimum Gasteiger partial charge on any atom is -0.241 e. The lowest BCUT2D eigenvalue weighted by Crippen LogP contribution is -2.40. The second-order valence-corrected chi connectivity index (χ2v) is 6.91. The molecule has 0 unspecified atom stereocenters. The molecule has 2 rings (SSSR count). The number of aryl methyl sites for hydroxylation is 1. The van der Waals surface area contributed by atoms with Crippen LogP contribution in [0.25, 0.3) is 0 Å². The fraction of sp³-hybridized carbons (Fsp3) is 0.667. The van der Waals surface area contributed by atoms with Crippen molar-refractivity contribution in [3.8, 4) is 0 Å². The van der Waals surface area contributed by atoms with Gasteiger partial charge in [0.15, 0.2) is 0 Å². The Morgan fingerprint density at radius 3 is 2.94 bits per heavy atom. The highest BCUT2D eigenvalue weighted by atomic mass is 32.2. The van der Waals surface area contributed by atoms with Gasteiger partial charge in [0.1, 0.15) is 5.82 Å². The fourth-order valence-corrected chi connectivity index (χ4v) is 3.43. The third-order valence-corrected chi connectivity index (χ3v) is 5.17. The van der Waals surface area contributed by atoms with Crippen molar-refractivity contribution < 1.29 is 8.42 Å². The first kappa shape index (κ1) is 13.4. The normalized spacial score (nSPS) is 22.0. The van der Waals surface area contributed by atoms with Crippen molar-refractivity contribution >= 4 is 10.0 Å². The fourth-order valence-electron chi connectivity index (χ4n) is 2.25. The van der Waals surface area contributed by atoms with Gasteiger partial charge in [-0.1, -0.05) is 0 Å². The van der Waals surface area contributed by atoms with Crippen LogP contribution in [-0.2, 0) is 10.0 Å². The molecule has 1 aromatic heterocycles. The Morgan fingerprint density at radius 2 is 2.28 bits per heavy atom. The summed E-state index contributed by atoms with van der Waals surface area (Å²) in [7, 11) is -3.09. The van der Waals surface area contributed by atoms with E-state index in [1.165, 1.54) is 0 Å². The van der Waals surface area contributed by atoms with Crippen molar-refractivity contribution in [2.75, 3.05) is 18.8 Å². The number of sulfonamides is 1. The van der Waals surface area contributed by atoms with Crippen LogP contribution < -0.4 is 0 Å². The Balaban J connectivity index is 2.17. The van der Waals surface area contributed by atoms with Gasteiger partial charge in [0.25, 0.3) is 0 Å². The van der Waals surface area contributed by atoms with Crippen LogP contribution in [0.3, 0.4) is 0 Å². The molecule has 100 valence electrons. The summed E-state index contributed by atoms with van der Waals surface area (Å²) < 4.78 is 25.3. The first-order valence-corrected chi connectivity index (χ1v) is 7.91. The average molecular weight is 269 g/mol. The first-order valence-electron chi connectivity index (χ1n) is 6.30. The lowest BCUT2D eigenvalue weighted by atomic mass is 9.99. The van der Waals surface area contributed by atoms with Crippen molar-refractivity contribution in [1.82, 2.24) is 14.3 Å². The lowest BCUT2D eigenvalue weighted by Gasteiger charge is -2.30. The van der Waals surface area contributed by atoms with Gasteiger partial charge in [-0.15, -0.1) is 0 Å². The first-order chi connectivity index (χ1) is 8.53. The zero-order valence-corrected chi connectivity index (χ0v) is 11.7. The Morgan fingerprint density at radius 1 is 1.50 bits per heavy atom. The average Bonchev–Trinajstić information content (AvgIpc) is 2.39. The monoisotopic (exact) mass is 269 g/mol. The molecule has 18 heavy (non-hydrogen) atoms. The third-order valence-electron chi connectivity index (χ3n) is 3.32. The number of hydrogen-bond acceptors (Lipinski definition) is 4. The number of piperidine rings is 1. The van der Waals surface area contributed by atoms with Crippen LogP contribution in [0.5, 0.6) is 0 Å². The predicted octanol–water partition coefficient (Wildman–Crippen LogP) is 1.31. The quantitative estimate of drug-likeness (QED) is 0.830. The van der Waals surface area contributed by atoms with Gasteiger partial charge in [-0.05, 0) is 32.8 Å². The second-order valence-electron chi connectivity index (χ2n) is 4.65. The summed E-state index contributed by atoms with van der Waals surface area (Å²) in [5.74, 6) is 1.06. The molecule has 1 fully saturated rings. The molecule has 0 aromatic carbocycles. The van der Waals surface area contributed by atoms with E-state index in [1.807, 2.05) is 13.0 Å². The Labute approximate surface area is 108 Å². The maximum absolute atomic E-state index is 11.9. The molecule has 0 amide bonds. The molecule has 0 aliphatic carbocycles. The van der Waals surface area contributed by atoms with E-state index in [0.29, 0.717) is 13.1 Å². The van der Waals surface area contributed by atoms with E-state index in [4.69, 9.17) is 0 Å². The Hall–Kier alpha value is -1.01. The third kappa shape index (κ3) is 2.87. The molecule has 1 atom stereocenters. The summed E-state index contributed by atoms with van der Waals surface area (Å²) in [5.41, 5.74) is 0.926. The molecule has 2 heterocycles. The maximum Gasteiger partial charge on any atom is 0.213 e. The molecular weight excluding hydrogens is 250 g/mol. The molecule has 6 heteroatoms. The summed E-state index contributed by atoms with van der Waals surface area (Å²) in [6.07, 6.45) is 3.57. The molecule has 1 saturated heterocycles. The highest BCUT2D eigenvalue weighted by Gasteiger charge is 2.29. The summed E-state index contributed by atoms with van der Waals surface area (Å²) in [4.78, 5) is 8.68. The van der Waals surface area contributed by atoms with E-state index >= 15 is 0 Å². The molecule has 1 aliphatic rings. The van der Waals surface area contributed by atoms with Crippen LogP contribution in [0.4, 0.5) is 0 Å². The van der Waals surface area contributed by atoms with Crippen molar-refractivity contribution in [3.63, 3.8) is 0 Å². The summed E-state index contributed by atoms with van der Waals surface area (Å²) >= 11 is 0. The Kier molecular flexibility index (Phi) is 3.97. The summed E-state index contributed by atoms with van der Waals surface area (Å²) in [6, 6.07) is 1.85. The van der Waals surface area contributed by atoms with Gasteiger partial charge in [-0.2, -0.15) is 0 Å². The highest BCUT2D eigenvalue weighted by molar-refractivity contribution is 7.89. The molecule has 5 nitrogen and oxygen atoms in total. The predicted molar refractivity (Wildman–Crippen MR) is 69.8 cm³/mol. The molecular formula is C12H19N3O2S. The van der Waals surface area contributed by atoms with Crippen LogP contribution >= 0.6 is 0 Å². The number of rotatable bonds is 3. The SMILES string of the molecule is CCS(=O)(=O)N1CCC[C@H](c2nccc(C)n2)C1. The van der Waals surface area contributed by atoms with Gasteiger partial charge >= 0.3 is 0 Å². The topological polar surface area (TPSA) is 63.2 Å². The molecule has 0 N–H and O–H groups in total. The van der Waals surface area contributed by atoms with Crippen LogP contribution in [-0.4, -0.2) is 41.5 Å². The van der Waals surface area contributed by atoms with E-state index in [9.17, 15) is 8.42 Å². The van der Waals surface area contributed by atoms with E-state index < -0.39 is 10.0 Å². The zero-order chi connectivity index (χ0) is 13.2. The molecule has 0 radical (unpaired) electrons. The van der Waals surface area contributed by atoms with Crippen molar-refractivity contribution in [1.29, 1.82) is 0 Å². The van der Waals surface area contributed by atoms with Crippen LogP contribution in [0, 0.1) is 6.92 Å². The van der Waals surface area contributed by atoms with Crippen LogP contribution in [0.15, 0.2) is 12.3 Å². The van der Waals surface area contributed by atoms with Gasteiger partial charge < -0.3 is 0 Å². The molecule has 0 bridgehead atoms. The molecule has 0 saturated carbocycles. The second kappa shape index (κ2) is 5.32. The van der Waals surface area contributed by atoms with E-state index in [-0.39, 0.29) is 11.7 Å². The number of hydrogen-bond donors (Lipinski definition) is 0. The van der Waals surface area contributed by atoms with Crippen molar-refractivity contribution in [3.05, 3.63) is 23.8 Å². The lowest BCUT2D eigenvalue weighted by molar-refractivity contribution is 0.309. The van der Waals surface area contributed by atoms with Crippen LogP contribution in [0.1, 0.15) is 37.2 Å². The van der Waals surface area contributed by atoms with Gasteiger partial charge in [-0.3, -0.25) is 0 Å². The Bertz CT molecular complexity index is 516. The minimum atomic E-state index is -3.09. The van der Waals surface area contributed by atoms with Gasteiger partial charge in [0.2, 0.25) is 10.0 Å². The van der Waals surface area contributed by atoms with Crippen molar-refractivity contribution in [2.24, 2.45) is 0 Å². The summed E-state index contributed by atoms with van der Waals surface area (Å²) in [6.45, 7) is 4.74. The number of aromatic nitrogens is 2. The van der Waals surface area contributed by atoms with Gasteiger partial charge in [0, 0.05) is 30.9 Å².